The summed E-state index contributed by atoms with van der Waals surface area (Å²) in [7, 11) is 0. The minimum atomic E-state index is -0.654. The van der Waals surface area contributed by atoms with Gasteiger partial charge in [0.05, 0.1) is 43.0 Å². The Labute approximate surface area is 222 Å². The number of nitriles is 1. The number of likely N-dealkylation sites (tertiary alicyclic amines) is 1. The molecule has 0 bridgehead atoms. The van der Waals surface area contributed by atoms with Crippen LogP contribution in [0.15, 0.2) is 36.4 Å². The van der Waals surface area contributed by atoms with E-state index in [4.69, 9.17) is 14.2 Å². The second-order valence-corrected chi connectivity index (χ2v) is 10.7. The quantitative estimate of drug-likeness (QED) is 0.538. The summed E-state index contributed by atoms with van der Waals surface area (Å²) in [6, 6.07) is 12.9. The van der Waals surface area contributed by atoms with Gasteiger partial charge in [0.15, 0.2) is 5.60 Å². The van der Waals surface area contributed by atoms with Gasteiger partial charge in [-0.25, -0.2) is 9.18 Å². The summed E-state index contributed by atoms with van der Waals surface area (Å²) in [5.74, 6) is -0.642. The van der Waals surface area contributed by atoms with Gasteiger partial charge in [0, 0.05) is 51.2 Å². The van der Waals surface area contributed by atoms with Crippen molar-refractivity contribution in [3.63, 3.8) is 0 Å². The Balaban J connectivity index is 1.16. The van der Waals surface area contributed by atoms with E-state index < -0.39 is 11.6 Å². The Morgan fingerprint density at radius 1 is 1.24 bits per heavy atom. The van der Waals surface area contributed by atoms with Crippen LogP contribution in [0, 0.1) is 17.1 Å². The van der Waals surface area contributed by atoms with Crippen LogP contribution < -0.4 is 10.6 Å². The SMILES string of the molecule is N#C[C@H](Cc1ccc(-c2ccc3c(c2)C2(CCN(C4COC4)C2)OC3=O)cc1F)NCC1CNCCCO1. The van der Waals surface area contributed by atoms with E-state index in [1.54, 1.807) is 12.1 Å². The molecule has 4 aliphatic rings. The largest absolute Gasteiger partial charge is 0.449 e. The lowest BCUT2D eigenvalue weighted by Crippen LogP contribution is -2.49. The molecule has 4 heterocycles. The first-order chi connectivity index (χ1) is 18.5. The molecule has 2 unspecified atom stereocenters. The number of carbonyl (C=O) groups is 1. The lowest BCUT2D eigenvalue weighted by molar-refractivity contribution is -0.0675. The average Bonchev–Trinajstić information content (AvgIpc) is 3.29. The molecule has 200 valence electrons. The van der Waals surface area contributed by atoms with Crippen LogP contribution >= 0.6 is 0 Å². The first kappa shape index (κ1) is 25.4. The van der Waals surface area contributed by atoms with Crippen molar-refractivity contribution in [2.24, 2.45) is 0 Å². The Hall–Kier alpha value is -2.87. The highest BCUT2D eigenvalue weighted by molar-refractivity contribution is 5.95. The Morgan fingerprint density at radius 3 is 2.87 bits per heavy atom. The van der Waals surface area contributed by atoms with Crippen molar-refractivity contribution in [2.45, 2.75) is 43.1 Å². The first-order valence-corrected chi connectivity index (χ1v) is 13.5. The molecule has 9 heteroatoms. The molecule has 3 fully saturated rings. The van der Waals surface area contributed by atoms with E-state index in [2.05, 4.69) is 21.6 Å². The van der Waals surface area contributed by atoms with Crippen LogP contribution in [-0.2, 0) is 26.2 Å². The second-order valence-electron chi connectivity index (χ2n) is 10.7. The Kier molecular flexibility index (Phi) is 7.16. The van der Waals surface area contributed by atoms with E-state index in [1.807, 2.05) is 18.2 Å². The third-order valence-corrected chi connectivity index (χ3v) is 8.20. The van der Waals surface area contributed by atoms with E-state index in [1.165, 1.54) is 6.07 Å². The zero-order chi connectivity index (χ0) is 26.1. The van der Waals surface area contributed by atoms with Crippen LogP contribution in [0.25, 0.3) is 11.1 Å². The van der Waals surface area contributed by atoms with Crippen molar-refractivity contribution in [3.05, 3.63) is 58.9 Å². The first-order valence-electron chi connectivity index (χ1n) is 13.5. The number of esters is 1. The molecule has 4 aliphatic heterocycles. The van der Waals surface area contributed by atoms with Crippen LogP contribution in [0.4, 0.5) is 4.39 Å². The molecule has 0 aliphatic carbocycles. The molecule has 1 spiro atoms. The maximum atomic E-state index is 15.2. The summed E-state index contributed by atoms with van der Waals surface area (Å²) in [6.45, 7) is 5.84. The molecule has 0 radical (unpaired) electrons. The lowest BCUT2D eigenvalue weighted by Gasteiger charge is -2.35. The molecular formula is C29H33FN4O4. The topological polar surface area (TPSA) is 95.9 Å². The van der Waals surface area contributed by atoms with Gasteiger partial charge in [-0.15, -0.1) is 0 Å². The number of hydrogen-bond donors (Lipinski definition) is 2. The van der Waals surface area contributed by atoms with Gasteiger partial charge in [-0.05, 0) is 47.9 Å². The predicted octanol–water partition coefficient (Wildman–Crippen LogP) is 2.37. The zero-order valence-corrected chi connectivity index (χ0v) is 21.4. The van der Waals surface area contributed by atoms with Crippen molar-refractivity contribution < 1.29 is 23.4 Å². The van der Waals surface area contributed by atoms with Crippen LogP contribution in [0.1, 0.15) is 34.3 Å². The smallest absolute Gasteiger partial charge is 0.339 e. The lowest BCUT2D eigenvalue weighted by atomic mass is 9.88. The van der Waals surface area contributed by atoms with E-state index in [0.717, 1.165) is 62.4 Å². The fourth-order valence-corrected chi connectivity index (χ4v) is 5.88. The van der Waals surface area contributed by atoms with Crippen molar-refractivity contribution in [1.82, 2.24) is 15.5 Å². The third-order valence-electron chi connectivity index (χ3n) is 8.20. The maximum absolute atomic E-state index is 15.2. The number of benzene rings is 2. The maximum Gasteiger partial charge on any atom is 0.339 e. The zero-order valence-electron chi connectivity index (χ0n) is 21.4. The van der Waals surface area contributed by atoms with Gasteiger partial charge >= 0.3 is 5.97 Å². The van der Waals surface area contributed by atoms with Gasteiger partial charge in [0.2, 0.25) is 0 Å². The van der Waals surface area contributed by atoms with E-state index in [0.29, 0.717) is 36.9 Å². The molecule has 2 N–H and O–H groups in total. The number of halogens is 1. The van der Waals surface area contributed by atoms with Crippen molar-refractivity contribution in [1.29, 1.82) is 5.26 Å². The van der Waals surface area contributed by atoms with Gasteiger partial charge in [-0.2, -0.15) is 5.26 Å². The van der Waals surface area contributed by atoms with Crippen LogP contribution in [-0.4, -0.2) is 81.6 Å². The van der Waals surface area contributed by atoms with Gasteiger partial charge in [-0.1, -0.05) is 18.2 Å². The monoisotopic (exact) mass is 520 g/mol. The average molecular weight is 521 g/mol. The number of ether oxygens (including phenoxy) is 3. The highest BCUT2D eigenvalue weighted by Crippen LogP contribution is 2.45. The normalized spacial score (nSPS) is 26.4. The number of nitrogens with zero attached hydrogens (tertiary/aromatic N) is 2. The number of rotatable bonds is 7. The third kappa shape index (κ3) is 4.95. The highest BCUT2D eigenvalue weighted by Gasteiger charge is 2.51. The molecule has 3 saturated heterocycles. The summed E-state index contributed by atoms with van der Waals surface area (Å²) in [5.41, 5.74) is 2.87. The van der Waals surface area contributed by atoms with Gasteiger partial charge < -0.3 is 19.5 Å². The Morgan fingerprint density at radius 2 is 2.08 bits per heavy atom. The second kappa shape index (κ2) is 10.7. The van der Waals surface area contributed by atoms with Crippen LogP contribution in [0.2, 0.25) is 0 Å². The number of hydrogen-bond acceptors (Lipinski definition) is 8. The van der Waals surface area contributed by atoms with E-state index >= 15 is 4.39 Å². The van der Waals surface area contributed by atoms with Gasteiger partial charge in [0.1, 0.15) is 5.82 Å². The fraction of sp³-hybridized carbons (Fsp3) is 0.517. The molecule has 2 aromatic carbocycles. The van der Waals surface area contributed by atoms with Crippen molar-refractivity contribution >= 4 is 5.97 Å². The fourth-order valence-electron chi connectivity index (χ4n) is 5.88. The number of fused-ring (bicyclic) bond motifs is 2. The molecule has 2 aromatic rings. The molecule has 0 aromatic heterocycles. The van der Waals surface area contributed by atoms with Gasteiger partial charge in [0.25, 0.3) is 0 Å². The number of carbonyl (C=O) groups excluding carboxylic acids is 1. The molecule has 0 amide bonds. The molecule has 8 nitrogen and oxygen atoms in total. The summed E-state index contributed by atoms with van der Waals surface area (Å²) < 4.78 is 32.3. The van der Waals surface area contributed by atoms with Gasteiger partial charge in [-0.3, -0.25) is 10.2 Å². The molecule has 0 saturated carbocycles. The van der Waals surface area contributed by atoms with E-state index in [9.17, 15) is 10.1 Å². The standard InChI is InChI=1S/C29H33FN4O4/c30-27-12-20(2-3-21(27)10-22(13-31)33-15-24-14-32-7-1-9-37-24)19-4-5-25-26(11-19)29(38-28(25)35)6-8-34(18-29)23-16-36-17-23/h2-5,11-12,22-24,32-33H,1,6-10,14-18H2/t22-,24?,29?/m0/s1. The molecule has 38 heavy (non-hydrogen) atoms. The highest BCUT2D eigenvalue weighted by atomic mass is 19.1. The van der Waals surface area contributed by atoms with Crippen LogP contribution in [0.5, 0.6) is 0 Å². The summed E-state index contributed by atoms with van der Waals surface area (Å²) >= 11 is 0. The molecular weight excluding hydrogens is 487 g/mol. The minimum Gasteiger partial charge on any atom is -0.449 e. The minimum absolute atomic E-state index is 0.00599. The predicted molar refractivity (Wildman–Crippen MR) is 138 cm³/mol. The van der Waals surface area contributed by atoms with Crippen LogP contribution in [0.3, 0.4) is 0 Å². The molecule has 3 atom stereocenters. The van der Waals surface area contributed by atoms with E-state index in [-0.39, 0.29) is 24.3 Å². The summed E-state index contributed by atoms with van der Waals surface area (Å²) in [4.78, 5) is 15.0. The summed E-state index contributed by atoms with van der Waals surface area (Å²) in [6.07, 6.45) is 1.97. The Bertz CT molecular complexity index is 1240. The van der Waals surface area contributed by atoms with Crippen molar-refractivity contribution in [2.75, 3.05) is 52.5 Å². The molecule has 6 rings (SSSR count). The summed E-state index contributed by atoms with van der Waals surface area (Å²) in [5, 5.41) is 16.2. The number of nitrogens with one attached hydrogen (secondary N) is 2. The van der Waals surface area contributed by atoms with Crippen molar-refractivity contribution in [3.8, 4) is 17.2 Å².